The third-order valence-corrected chi connectivity index (χ3v) is 3.98. The molecule has 0 spiro atoms. The van der Waals surface area contributed by atoms with Gasteiger partial charge in [-0.15, -0.1) is 0 Å². The summed E-state index contributed by atoms with van der Waals surface area (Å²) in [5, 5.41) is 2.95. The van der Waals surface area contributed by atoms with Gasteiger partial charge >= 0.3 is 6.03 Å². The number of rotatable bonds is 8. The molecule has 2 aromatic rings. The fraction of sp³-hybridized carbons (Fsp3) is 0.368. The number of aromatic nitrogens is 1. The summed E-state index contributed by atoms with van der Waals surface area (Å²) >= 11 is 0. The van der Waals surface area contributed by atoms with Crippen molar-refractivity contribution in [3.63, 3.8) is 0 Å². The molecule has 2 amide bonds. The Morgan fingerprint density at radius 3 is 2.44 bits per heavy atom. The van der Waals surface area contributed by atoms with Crippen LogP contribution in [-0.4, -0.2) is 43.2 Å². The van der Waals surface area contributed by atoms with E-state index < -0.39 is 0 Å². The number of benzene rings is 1. The van der Waals surface area contributed by atoms with Crippen molar-refractivity contribution >= 4 is 6.03 Å². The molecule has 0 aliphatic carbocycles. The van der Waals surface area contributed by atoms with Crippen molar-refractivity contribution in [1.29, 1.82) is 0 Å². The number of methoxy groups -OCH3 is 2. The van der Waals surface area contributed by atoms with Gasteiger partial charge in [0.25, 0.3) is 0 Å². The Kier molecular flexibility index (Phi) is 7.07. The predicted molar refractivity (Wildman–Crippen MR) is 97.0 cm³/mol. The largest absolute Gasteiger partial charge is 0.493 e. The molecule has 1 N–H and O–H groups in total. The number of carbonyl (C=O) groups excluding carboxylic acids is 1. The van der Waals surface area contributed by atoms with E-state index in [4.69, 9.17) is 9.47 Å². The van der Waals surface area contributed by atoms with Gasteiger partial charge in [-0.25, -0.2) is 4.79 Å². The first-order valence-corrected chi connectivity index (χ1v) is 8.30. The smallest absolute Gasteiger partial charge is 0.317 e. The molecule has 6 nitrogen and oxygen atoms in total. The second-order valence-corrected chi connectivity index (χ2v) is 5.53. The van der Waals surface area contributed by atoms with Crippen molar-refractivity contribution in [2.75, 3.05) is 27.3 Å². The molecule has 1 heterocycles. The molecule has 0 aliphatic rings. The molecule has 1 aromatic heterocycles. The van der Waals surface area contributed by atoms with Crippen LogP contribution in [0, 0.1) is 0 Å². The first-order valence-electron chi connectivity index (χ1n) is 8.30. The lowest BCUT2D eigenvalue weighted by molar-refractivity contribution is 0.200. The number of amides is 2. The summed E-state index contributed by atoms with van der Waals surface area (Å²) in [5.74, 6) is 1.32. The zero-order valence-electron chi connectivity index (χ0n) is 15.0. The number of urea groups is 1. The molecule has 6 heteroatoms. The monoisotopic (exact) mass is 343 g/mol. The lowest BCUT2D eigenvalue weighted by atomic mass is 10.2. The van der Waals surface area contributed by atoms with Crippen LogP contribution >= 0.6 is 0 Å². The van der Waals surface area contributed by atoms with Gasteiger partial charge in [0.15, 0.2) is 11.5 Å². The molecule has 25 heavy (non-hydrogen) atoms. The van der Waals surface area contributed by atoms with Crippen LogP contribution < -0.4 is 14.8 Å². The summed E-state index contributed by atoms with van der Waals surface area (Å²) in [7, 11) is 3.19. The van der Waals surface area contributed by atoms with Crippen LogP contribution in [0.3, 0.4) is 0 Å². The second-order valence-electron chi connectivity index (χ2n) is 5.53. The Morgan fingerprint density at radius 2 is 1.80 bits per heavy atom. The summed E-state index contributed by atoms with van der Waals surface area (Å²) in [6, 6.07) is 9.47. The molecule has 0 atom stereocenters. The summed E-state index contributed by atoms with van der Waals surface area (Å²) < 4.78 is 10.5. The van der Waals surface area contributed by atoms with E-state index in [0.29, 0.717) is 31.1 Å². The molecule has 134 valence electrons. The van der Waals surface area contributed by atoms with E-state index in [-0.39, 0.29) is 6.03 Å². The highest BCUT2D eigenvalue weighted by molar-refractivity contribution is 5.74. The zero-order chi connectivity index (χ0) is 18.1. The summed E-state index contributed by atoms with van der Waals surface area (Å²) in [4.78, 5) is 18.2. The van der Waals surface area contributed by atoms with Crippen LogP contribution in [0.5, 0.6) is 11.5 Å². The van der Waals surface area contributed by atoms with Gasteiger partial charge in [-0.1, -0.05) is 6.07 Å². The van der Waals surface area contributed by atoms with Crippen LogP contribution in [0.1, 0.15) is 18.1 Å². The highest BCUT2D eigenvalue weighted by Crippen LogP contribution is 2.27. The summed E-state index contributed by atoms with van der Waals surface area (Å²) in [6.45, 7) is 3.73. The van der Waals surface area contributed by atoms with Gasteiger partial charge in [0.05, 0.1) is 14.2 Å². The lowest BCUT2D eigenvalue weighted by Crippen LogP contribution is -2.40. The molecule has 0 unspecified atom stereocenters. The highest BCUT2D eigenvalue weighted by Gasteiger charge is 2.12. The number of likely N-dealkylation sites (N-methyl/N-ethyl adjacent to an activating group) is 1. The molecule has 0 saturated carbocycles. The minimum atomic E-state index is -0.0775. The number of nitrogens with zero attached hydrogens (tertiary/aromatic N) is 2. The van der Waals surface area contributed by atoms with Crippen LogP contribution in [0.25, 0.3) is 0 Å². The molecular weight excluding hydrogens is 318 g/mol. The van der Waals surface area contributed by atoms with E-state index in [1.807, 2.05) is 37.3 Å². The molecule has 0 fully saturated rings. The van der Waals surface area contributed by atoms with Crippen molar-refractivity contribution in [2.24, 2.45) is 0 Å². The summed E-state index contributed by atoms with van der Waals surface area (Å²) in [5.41, 5.74) is 2.12. The fourth-order valence-corrected chi connectivity index (χ4v) is 2.50. The van der Waals surface area contributed by atoms with Crippen molar-refractivity contribution < 1.29 is 14.3 Å². The molecule has 0 radical (unpaired) electrons. The van der Waals surface area contributed by atoms with Gasteiger partial charge in [-0.05, 0) is 48.7 Å². The molecule has 2 rings (SSSR count). The zero-order valence-corrected chi connectivity index (χ0v) is 15.0. The third kappa shape index (κ3) is 5.38. The SMILES string of the molecule is CCN(CCc1ccncc1)C(=O)NCc1ccc(OC)c(OC)c1. The van der Waals surface area contributed by atoms with Gasteiger partial charge < -0.3 is 19.7 Å². The average molecular weight is 343 g/mol. The van der Waals surface area contributed by atoms with Gasteiger partial charge in [0, 0.05) is 32.0 Å². The number of carbonyl (C=O) groups is 1. The Labute approximate surface area is 148 Å². The van der Waals surface area contributed by atoms with E-state index in [2.05, 4.69) is 10.3 Å². The maximum Gasteiger partial charge on any atom is 0.317 e. The molecule has 0 aliphatic heterocycles. The van der Waals surface area contributed by atoms with E-state index in [9.17, 15) is 4.79 Å². The Morgan fingerprint density at radius 1 is 1.08 bits per heavy atom. The molecule has 1 aromatic carbocycles. The third-order valence-electron chi connectivity index (χ3n) is 3.98. The van der Waals surface area contributed by atoms with Gasteiger partial charge in [0.1, 0.15) is 0 Å². The number of pyridine rings is 1. The van der Waals surface area contributed by atoms with Gasteiger partial charge in [0.2, 0.25) is 0 Å². The minimum absolute atomic E-state index is 0.0775. The number of hydrogen-bond donors (Lipinski definition) is 1. The van der Waals surface area contributed by atoms with Crippen LogP contribution in [-0.2, 0) is 13.0 Å². The van der Waals surface area contributed by atoms with Gasteiger partial charge in [-0.2, -0.15) is 0 Å². The van der Waals surface area contributed by atoms with Crippen LogP contribution in [0.15, 0.2) is 42.7 Å². The standard InChI is InChI=1S/C19H25N3O3/c1-4-22(12-9-15-7-10-20-11-8-15)19(23)21-14-16-5-6-17(24-2)18(13-16)25-3/h5-8,10-11,13H,4,9,12,14H2,1-3H3,(H,21,23). The van der Waals surface area contributed by atoms with Crippen molar-refractivity contribution in [2.45, 2.75) is 19.9 Å². The fourth-order valence-electron chi connectivity index (χ4n) is 2.50. The van der Waals surface area contributed by atoms with E-state index in [1.165, 1.54) is 5.56 Å². The minimum Gasteiger partial charge on any atom is -0.493 e. The van der Waals surface area contributed by atoms with E-state index in [1.54, 1.807) is 31.5 Å². The normalized spacial score (nSPS) is 10.2. The average Bonchev–Trinajstić information content (AvgIpc) is 2.67. The second kappa shape index (κ2) is 9.52. The van der Waals surface area contributed by atoms with Crippen LogP contribution in [0.2, 0.25) is 0 Å². The summed E-state index contributed by atoms with van der Waals surface area (Å²) in [6.07, 6.45) is 4.34. The lowest BCUT2D eigenvalue weighted by Gasteiger charge is -2.21. The topological polar surface area (TPSA) is 63.7 Å². The molecule has 0 saturated heterocycles. The number of hydrogen-bond acceptors (Lipinski definition) is 4. The van der Waals surface area contributed by atoms with Crippen molar-refractivity contribution in [3.05, 3.63) is 53.9 Å². The van der Waals surface area contributed by atoms with Crippen molar-refractivity contribution in [1.82, 2.24) is 15.2 Å². The maximum atomic E-state index is 12.4. The van der Waals surface area contributed by atoms with E-state index >= 15 is 0 Å². The Balaban J connectivity index is 1.89. The van der Waals surface area contributed by atoms with Gasteiger partial charge in [-0.3, -0.25) is 4.98 Å². The Bertz CT molecular complexity index is 677. The van der Waals surface area contributed by atoms with E-state index in [0.717, 1.165) is 12.0 Å². The first-order chi connectivity index (χ1) is 12.2. The maximum absolute atomic E-state index is 12.4. The Hall–Kier alpha value is -2.76. The quantitative estimate of drug-likeness (QED) is 0.800. The van der Waals surface area contributed by atoms with Crippen LogP contribution in [0.4, 0.5) is 4.79 Å². The number of nitrogens with one attached hydrogen (secondary N) is 1. The molecular formula is C19H25N3O3. The highest BCUT2D eigenvalue weighted by atomic mass is 16.5. The van der Waals surface area contributed by atoms with Crippen molar-refractivity contribution in [3.8, 4) is 11.5 Å². The number of ether oxygens (including phenoxy) is 2. The predicted octanol–water partition coefficient (Wildman–Crippen LogP) is 2.87. The molecule has 0 bridgehead atoms. The first kappa shape index (κ1) is 18.6.